The fourth-order valence-corrected chi connectivity index (χ4v) is 3.09. The highest BCUT2D eigenvalue weighted by atomic mass is 32.2. The van der Waals surface area contributed by atoms with Crippen molar-refractivity contribution in [2.24, 2.45) is 5.92 Å². The summed E-state index contributed by atoms with van der Waals surface area (Å²) in [6.07, 6.45) is 2.81. The van der Waals surface area contributed by atoms with Gasteiger partial charge in [-0.05, 0) is 46.1 Å². The molecule has 0 saturated carbocycles. The fraction of sp³-hybridized carbons (Fsp3) is 1.00. The summed E-state index contributed by atoms with van der Waals surface area (Å²) in [5.74, 6) is 0.914. The van der Waals surface area contributed by atoms with Crippen LogP contribution in [0.15, 0.2) is 0 Å². The number of hydrogen-bond acceptors (Lipinski definition) is 3. The summed E-state index contributed by atoms with van der Waals surface area (Å²) in [6.45, 7) is 12.8. The van der Waals surface area contributed by atoms with Gasteiger partial charge in [0.2, 0.25) is 0 Å². The minimum Gasteiger partial charge on any atom is -0.314 e. The molecule has 0 aromatic rings. The molecule has 1 unspecified atom stereocenters. The Bertz CT molecular complexity index is 315. The van der Waals surface area contributed by atoms with E-state index >= 15 is 0 Å². The van der Waals surface area contributed by atoms with Crippen LogP contribution in [-0.2, 0) is 9.84 Å². The molecule has 4 heteroatoms. The SMILES string of the molecule is CCNC(CCCCS(=O)(=O)C(C)(C)C)C(C)C. The molecule has 0 radical (unpaired) electrons. The zero-order chi connectivity index (χ0) is 14.4. The molecule has 0 amide bonds. The van der Waals surface area contributed by atoms with Crippen molar-refractivity contribution in [1.82, 2.24) is 5.32 Å². The second kappa shape index (κ2) is 7.49. The van der Waals surface area contributed by atoms with Crippen molar-refractivity contribution in [3.05, 3.63) is 0 Å². The molecular formula is C14H31NO2S. The van der Waals surface area contributed by atoms with E-state index in [-0.39, 0.29) is 0 Å². The molecule has 3 nitrogen and oxygen atoms in total. The van der Waals surface area contributed by atoms with Gasteiger partial charge in [-0.15, -0.1) is 0 Å². The zero-order valence-electron chi connectivity index (χ0n) is 12.9. The normalized spacial score (nSPS) is 15.1. The van der Waals surface area contributed by atoms with Gasteiger partial charge >= 0.3 is 0 Å². The predicted octanol–water partition coefficient (Wildman–Crippen LogP) is 3.00. The Morgan fingerprint density at radius 2 is 1.67 bits per heavy atom. The van der Waals surface area contributed by atoms with Crippen molar-refractivity contribution in [1.29, 1.82) is 0 Å². The Kier molecular flexibility index (Phi) is 7.45. The first-order valence-electron chi connectivity index (χ1n) is 7.07. The van der Waals surface area contributed by atoms with Crippen molar-refractivity contribution in [3.63, 3.8) is 0 Å². The summed E-state index contributed by atoms with van der Waals surface area (Å²) in [7, 11) is -2.95. The first-order chi connectivity index (χ1) is 8.12. The third kappa shape index (κ3) is 6.19. The molecule has 18 heavy (non-hydrogen) atoms. The highest BCUT2D eigenvalue weighted by Crippen LogP contribution is 2.18. The third-order valence-corrected chi connectivity index (χ3v) is 6.07. The molecular weight excluding hydrogens is 246 g/mol. The van der Waals surface area contributed by atoms with E-state index in [9.17, 15) is 8.42 Å². The predicted molar refractivity (Wildman–Crippen MR) is 79.7 cm³/mol. The monoisotopic (exact) mass is 277 g/mol. The maximum atomic E-state index is 11.9. The fourth-order valence-electron chi connectivity index (χ4n) is 1.90. The number of hydrogen-bond donors (Lipinski definition) is 1. The minimum atomic E-state index is -2.95. The van der Waals surface area contributed by atoms with Crippen molar-refractivity contribution in [3.8, 4) is 0 Å². The molecule has 0 bridgehead atoms. The number of rotatable bonds is 8. The number of nitrogens with one attached hydrogen (secondary N) is 1. The van der Waals surface area contributed by atoms with E-state index in [4.69, 9.17) is 0 Å². The van der Waals surface area contributed by atoms with E-state index in [1.165, 1.54) is 0 Å². The highest BCUT2D eigenvalue weighted by Gasteiger charge is 2.28. The van der Waals surface area contributed by atoms with Crippen LogP contribution in [0.25, 0.3) is 0 Å². The Morgan fingerprint density at radius 3 is 2.06 bits per heavy atom. The molecule has 0 rings (SSSR count). The van der Waals surface area contributed by atoms with Gasteiger partial charge in [0.1, 0.15) is 0 Å². The first-order valence-corrected chi connectivity index (χ1v) is 8.72. The van der Waals surface area contributed by atoms with Crippen LogP contribution in [-0.4, -0.2) is 31.5 Å². The third-order valence-electron chi connectivity index (χ3n) is 3.38. The second-order valence-electron chi connectivity index (χ2n) is 6.34. The van der Waals surface area contributed by atoms with E-state index < -0.39 is 14.6 Å². The summed E-state index contributed by atoms with van der Waals surface area (Å²) in [6, 6.07) is 0.507. The molecule has 0 aromatic heterocycles. The van der Waals surface area contributed by atoms with Crippen LogP contribution < -0.4 is 5.32 Å². The molecule has 0 spiro atoms. The summed E-state index contributed by atoms with van der Waals surface area (Å²) in [4.78, 5) is 0. The molecule has 110 valence electrons. The van der Waals surface area contributed by atoms with Gasteiger partial charge in [0.15, 0.2) is 9.84 Å². The Labute approximate surface area is 114 Å². The van der Waals surface area contributed by atoms with Gasteiger partial charge in [-0.1, -0.05) is 27.2 Å². The zero-order valence-corrected chi connectivity index (χ0v) is 13.7. The van der Waals surface area contributed by atoms with Gasteiger partial charge in [0.05, 0.1) is 10.5 Å². The van der Waals surface area contributed by atoms with E-state index in [0.717, 1.165) is 25.8 Å². The van der Waals surface area contributed by atoms with Crippen LogP contribution in [0.3, 0.4) is 0 Å². The molecule has 0 aliphatic heterocycles. The smallest absolute Gasteiger partial charge is 0.155 e. The van der Waals surface area contributed by atoms with Gasteiger partial charge in [0, 0.05) is 6.04 Å². The van der Waals surface area contributed by atoms with Crippen LogP contribution >= 0.6 is 0 Å². The van der Waals surface area contributed by atoms with Crippen molar-refractivity contribution in [2.45, 2.75) is 71.6 Å². The largest absolute Gasteiger partial charge is 0.314 e. The van der Waals surface area contributed by atoms with Crippen LogP contribution in [0.1, 0.15) is 60.8 Å². The Morgan fingerprint density at radius 1 is 1.11 bits per heavy atom. The van der Waals surface area contributed by atoms with Gasteiger partial charge in [0.25, 0.3) is 0 Å². The Hall–Kier alpha value is -0.0900. The average molecular weight is 277 g/mol. The molecule has 1 atom stereocenters. The number of sulfone groups is 1. The van der Waals surface area contributed by atoms with Crippen LogP contribution in [0.5, 0.6) is 0 Å². The van der Waals surface area contributed by atoms with Gasteiger partial charge in [-0.2, -0.15) is 0 Å². The second-order valence-corrected chi connectivity index (χ2v) is 9.20. The van der Waals surface area contributed by atoms with Crippen LogP contribution in [0, 0.1) is 5.92 Å². The molecule has 0 aliphatic rings. The van der Waals surface area contributed by atoms with E-state index in [2.05, 4.69) is 26.1 Å². The maximum Gasteiger partial charge on any atom is 0.155 e. The quantitative estimate of drug-likeness (QED) is 0.694. The summed E-state index contributed by atoms with van der Waals surface area (Å²) in [5.41, 5.74) is 0. The highest BCUT2D eigenvalue weighted by molar-refractivity contribution is 7.92. The lowest BCUT2D eigenvalue weighted by atomic mass is 9.98. The molecule has 0 aliphatic carbocycles. The van der Waals surface area contributed by atoms with Gasteiger partial charge in [-0.3, -0.25) is 0 Å². The lowest BCUT2D eigenvalue weighted by Crippen LogP contribution is -2.34. The molecule has 1 N–H and O–H groups in total. The van der Waals surface area contributed by atoms with Gasteiger partial charge < -0.3 is 5.32 Å². The molecule has 0 saturated heterocycles. The summed E-state index contributed by atoms with van der Waals surface area (Å²) in [5, 5.41) is 3.46. The lowest BCUT2D eigenvalue weighted by molar-refractivity contribution is 0.375. The van der Waals surface area contributed by atoms with Crippen molar-refractivity contribution >= 4 is 9.84 Å². The topological polar surface area (TPSA) is 46.2 Å². The summed E-state index contributed by atoms with van der Waals surface area (Å²) >= 11 is 0. The Balaban J connectivity index is 4.06. The molecule has 0 fully saturated rings. The van der Waals surface area contributed by atoms with Crippen molar-refractivity contribution in [2.75, 3.05) is 12.3 Å². The standard InChI is InChI=1S/C14H31NO2S/c1-7-15-13(12(2)3)10-8-9-11-18(16,17)14(4,5)6/h12-13,15H,7-11H2,1-6H3. The van der Waals surface area contributed by atoms with Crippen LogP contribution in [0.4, 0.5) is 0 Å². The average Bonchev–Trinajstić information content (AvgIpc) is 2.20. The van der Waals surface area contributed by atoms with Crippen LogP contribution in [0.2, 0.25) is 0 Å². The minimum absolute atomic E-state index is 0.313. The van der Waals surface area contributed by atoms with E-state index in [1.54, 1.807) is 20.8 Å². The molecule has 0 aromatic carbocycles. The van der Waals surface area contributed by atoms with Gasteiger partial charge in [-0.25, -0.2) is 8.42 Å². The van der Waals surface area contributed by atoms with Crippen molar-refractivity contribution < 1.29 is 8.42 Å². The maximum absolute atomic E-state index is 11.9. The molecule has 0 heterocycles. The first kappa shape index (κ1) is 17.9. The summed E-state index contributed by atoms with van der Waals surface area (Å²) < 4.78 is 23.3. The van der Waals surface area contributed by atoms with E-state index in [0.29, 0.717) is 17.7 Å². The van der Waals surface area contributed by atoms with E-state index in [1.807, 2.05) is 0 Å². The lowest BCUT2D eigenvalue weighted by Gasteiger charge is -2.22. The number of unbranched alkanes of at least 4 members (excludes halogenated alkanes) is 1.